The maximum Gasteiger partial charge on any atom is 0.199 e. The van der Waals surface area contributed by atoms with E-state index in [0.717, 1.165) is 0 Å². The van der Waals surface area contributed by atoms with Gasteiger partial charge >= 0.3 is 0 Å². The van der Waals surface area contributed by atoms with E-state index in [0.29, 0.717) is 18.2 Å². The van der Waals surface area contributed by atoms with Gasteiger partial charge < -0.3 is 0 Å². The Labute approximate surface area is 64.0 Å². The first kappa shape index (κ1) is 6.52. The minimum atomic E-state index is 0.0880. The van der Waals surface area contributed by atoms with E-state index in [2.05, 4.69) is 15.2 Å². The van der Waals surface area contributed by atoms with Crippen LogP contribution in [0.3, 0.4) is 0 Å². The van der Waals surface area contributed by atoms with Gasteiger partial charge in [-0.3, -0.25) is 9.89 Å². The molecular formula is C7H9N3O. The zero-order valence-electron chi connectivity index (χ0n) is 6.08. The quantitative estimate of drug-likeness (QED) is 0.649. The van der Waals surface area contributed by atoms with Crippen LogP contribution in [0.5, 0.6) is 0 Å². The Hall–Kier alpha value is -1.19. The van der Waals surface area contributed by atoms with Crippen LogP contribution in [0.1, 0.15) is 29.9 Å². The van der Waals surface area contributed by atoms with Crippen LogP contribution in [0, 0.1) is 5.92 Å². The zero-order chi connectivity index (χ0) is 7.68. The summed E-state index contributed by atoms with van der Waals surface area (Å²) in [6.45, 7) is 0. The molecule has 1 aliphatic rings. The molecule has 4 heteroatoms. The van der Waals surface area contributed by atoms with Crippen molar-refractivity contribution in [3.63, 3.8) is 0 Å². The maximum absolute atomic E-state index is 11.2. The molecule has 0 atom stereocenters. The molecule has 1 aromatic heterocycles. The standard InChI is InChI=1S/C7H9N3O/c11-6(3-5-1-2-5)7-8-4-9-10-7/h4-5H,1-3H2,(H,8,9,10). The van der Waals surface area contributed by atoms with E-state index >= 15 is 0 Å². The molecule has 1 aliphatic carbocycles. The average Bonchev–Trinajstić information content (AvgIpc) is 2.67. The monoisotopic (exact) mass is 151 g/mol. The fourth-order valence-electron chi connectivity index (χ4n) is 1.02. The number of nitrogens with zero attached hydrogens (tertiary/aromatic N) is 2. The molecule has 4 nitrogen and oxygen atoms in total. The first-order valence-electron chi connectivity index (χ1n) is 3.75. The SMILES string of the molecule is O=C(CC1CC1)c1ncn[nH]1. The van der Waals surface area contributed by atoms with E-state index in [9.17, 15) is 4.79 Å². The van der Waals surface area contributed by atoms with Crippen molar-refractivity contribution in [2.45, 2.75) is 19.3 Å². The van der Waals surface area contributed by atoms with Crippen molar-refractivity contribution in [2.75, 3.05) is 0 Å². The molecule has 1 heterocycles. The molecule has 58 valence electrons. The number of ketones is 1. The van der Waals surface area contributed by atoms with Crippen LogP contribution in [0.25, 0.3) is 0 Å². The third kappa shape index (κ3) is 1.45. The van der Waals surface area contributed by atoms with E-state index in [4.69, 9.17) is 0 Å². The van der Waals surface area contributed by atoms with Gasteiger partial charge in [0.25, 0.3) is 0 Å². The summed E-state index contributed by atoms with van der Waals surface area (Å²) in [5.74, 6) is 1.11. The van der Waals surface area contributed by atoms with Crippen LogP contribution in [0.4, 0.5) is 0 Å². The molecule has 0 radical (unpaired) electrons. The Morgan fingerprint density at radius 1 is 1.73 bits per heavy atom. The van der Waals surface area contributed by atoms with Crippen molar-refractivity contribution in [1.82, 2.24) is 15.2 Å². The largest absolute Gasteiger partial charge is 0.291 e. The van der Waals surface area contributed by atoms with Crippen molar-refractivity contribution < 1.29 is 4.79 Å². The van der Waals surface area contributed by atoms with E-state index < -0.39 is 0 Å². The molecule has 0 aromatic carbocycles. The van der Waals surface area contributed by atoms with Crippen LogP contribution in [0.2, 0.25) is 0 Å². The van der Waals surface area contributed by atoms with Crippen LogP contribution >= 0.6 is 0 Å². The second-order valence-corrected chi connectivity index (χ2v) is 2.90. The number of hydrogen-bond acceptors (Lipinski definition) is 3. The van der Waals surface area contributed by atoms with Crippen LogP contribution in [-0.4, -0.2) is 21.0 Å². The third-order valence-electron chi connectivity index (χ3n) is 1.85. The summed E-state index contributed by atoms with van der Waals surface area (Å²) in [5.41, 5.74) is 0. The molecular weight excluding hydrogens is 142 g/mol. The van der Waals surface area contributed by atoms with Gasteiger partial charge in [-0.1, -0.05) is 0 Å². The van der Waals surface area contributed by atoms with Crippen LogP contribution in [0.15, 0.2) is 6.33 Å². The van der Waals surface area contributed by atoms with Crippen LogP contribution < -0.4 is 0 Å². The van der Waals surface area contributed by atoms with E-state index in [1.54, 1.807) is 0 Å². The molecule has 1 aromatic rings. The summed E-state index contributed by atoms with van der Waals surface area (Å²) in [4.78, 5) is 15.0. The van der Waals surface area contributed by atoms with Gasteiger partial charge in [0.15, 0.2) is 11.6 Å². The number of carbonyl (C=O) groups excluding carboxylic acids is 1. The third-order valence-corrected chi connectivity index (χ3v) is 1.85. The van der Waals surface area contributed by atoms with Gasteiger partial charge in [-0.15, -0.1) is 0 Å². The molecule has 0 aliphatic heterocycles. The molecule has 1 fully saturated rings. The lowest BCUT2D eigenvalue weighted by Gasteiger charge is -1.91. The second-order valence-electron chi connectivity index (χ2n) is 2.90. The molecule has 1 N–H and O–H groups in total. The Morgan fingerprint density at radius 2 is 2.55 bits per heavy atom. The predicted octanol–water partition coefficient (Wildman–Crippen LogP) is 0.787. The molecule has 1 saturated carbocycles. The molecule has 0 unspecified atom stereocenters. The zero-order valence-corrected chi connectivity index (χ0v) is 6.08. The average molecular weight is 151 g/mol. The van der Waals surface area contributed by atoms with Crippen molar-refractivity contribution >= 4 is 5.78 Å². The molecule has 0 bridgehead atoms. The minimum absolute atomic E-state index is 0.0880. The Bertz CT molecular complexity index is 251. The first-order valence-corrected chi connectivity index (χ1v) is 3.75. The van der Waals surface area contributed by atoms with Gasteiger partial charge in [0.2, 0.25) is 0 Å². The summed E-state index contributed by atoms with van der Waals surface area (Å²) >= 11 is 0. The minimum Gasteiger partial charge on any atom is -0.291 e. The lowest BCUT2D eigenvalue weighted by Crippen LogP contribution is -2.02. The van der Waals surface area contributed by atoms with Gasteiger partial charge in [0, 0.05) is 6.42 Å². The van der Waals surface area contributed by atoms with Crippen molar-refractivity contribution in [3.8, 4) is 0 Å². The Kier molecular flexibility index (Phi) is 1.45. The Morgan fingerprint density at radius 3 is 3.09 bits per heavy atom. The van der Waals surface area contributed by atoms with Gasteiger partial charge in [-0.25, -0.2) is 4.98 Å². The highest BCUT2D eigenvalue weighted by molar-refractivity contribution is 5.92. The lowest BCUT2D eigenvalue weighted by atomic mass is 10.2. The number of aromatic amines is 1. The number of H-pyrrole nitrogens is 1. The van der Waals surface area contributed by atoms with Crippen molar-refractivity contribution in [2.24, 2.45) is 5.92 Å². The highest BCUT2D eigenvalue weighted by Crippen LogP contribution is 2.32. The number of rotatable bonds is 3. The smallest absolute Gasteiger partial charge is 0.199 e. The normalized spacial score (nSPS) is 16.7. The van der Waals surface area contributed by atoms with Gasteiger partial charge in [-0.05, 0) is 18.8 Å². The number of carbonyl (C=O) groups is 1. The molecule has 0 saturated heterocycles. The van der Waals surface area contributed by atoms with E-state index in [1.807, 2.05) is 0 Å². The summed E-state index contributed by atoms with van der Waals surface area (Å²) in [6, 6.07) is 0. The summed E-state index contributed by atoms with van der Waals surface area (Å²) in [5, 5.41) is 6.17. The van der Waals surface area contributed by atoms with E-state index in [-0.39, 0.29) is 5.78 Å². The summed E-state index contributed by atoms with van der Waals surface area (Å²) in [7, 11) is 0. The maximum atomic E-state index is 11.2. The van der Waals surface area contributed by atoms with Gasteiger partial charge in [-0.2, -0.15) is 5.10 Å². The first-order chi connectivity index (χ1) is 5.36. The lowest BCUT2D eigenvalue weighted by molar-refractivity contribution is 0.0966. The predicted molar refractivity (Wildman–Crippen MR) is 38.1 cm³/mol. The van der Waals surface area contributed by atoms with Crippen molar-refractivity contribution in [3.05, 3.63) is 12.2 Å². The number of aromatic nitrogens is 3. The topological polar surface area (TPSA) is 58.6 Å². The van der Waals surface area contributed by atoms with Gasteiger partial charge in [0.1, 0.15) is 6.33 Å². The molecule has 0 amide bonds. The second kappa shape index (κ2) is 2.45. The van der Waals surface area contributed by atoms with Crippen LogP contribution in [-0.2, 0) is 0 Å². The Balaban J connectivity index is 1.99. The summed E-state index contributed by atoms with van der Waals surface area (Å²) in [6.07, 6.45) is 4.38. The van der Waals surface area contributed by atoms with Crippen molar-refractivity contribution in [1.29, 1.82) is 0 Å². The fourth-order valence-corrected chi connectivity index (χ4v) is 1.02. The molecule has 0 spiro atoms. The molecule has 2 rings (SSSR count). The highest BCUT2D eigenvalue weighted by Gasteiger charge is 2.25. The summed E-state index contributed by atoms with van der Waals surface area (Å²) < 4.78 is 0. The fraction of sp³-hybridized carbons (Fsp3) is 0.571. The number of nitrogens with one attached hydrogen (secondary N) is 1. The van der Waals surface area contributed by atoms with Gasteiger partial charge in [0.05, 0.1) is 0 Å². The number of Topliss-reactive ketones (excluding diaryl/α,β-unsaturated/α-hetero) is 1. The van der Waals surface area contributed by atoms with E-state index in [1.165, 1.54) is 19.2 Å². The molecule has 11 heavy (non-hydrogen) atoms. The number of hydrogen-bond donors (Lipinski definition) is 1. The highest BCUT2D eigenvalue weighted by atomic mass is 16.1.